The van der Waals surface area contributed by atoms with Crippen LogP contribution in [0.5, 0.6) is 0 Å². The van der Waals surface area contributed by atoms with Crippen LogP contribution in [0.4, 0.5) is 0 Å². The number of allylic oxidation sites excluding steroid dienone is 4. The van der Waals surface area contributed by atoms with Gasteiger partial charge >= 0.3 is 0 Å². The fourth-order valence-corrected chi connectivity index (χ4v) is 1.08. The molecule has 0 spiro atoms. The molecule has 0 radical (unpaired) electrons. The lowest BCUT2D eigenvalue weighted by Gasteiger charge is -1.92. The van der Waals surface area contributed by atoms with Gasteiger partial charge in [0.1, 0.15) is 6.29 Å². The van der Waals surface area contributed by atoms with Gasteiger partial charge in [0.25, 0.3) is 0 Å². The normalized spacial score (nSPS) is 11.5. The van der Waals surface area contributed by atoms with E-state index in [-0.39, 0.29) is 0 Å². The predicted molar refractivity (Wildman–Crippen MR) is 57.7 cm³/mol. The number of rotatable bonds is 8. The summed E-state index contributed by atoms with van der Waals surface area (Å²) in [7, 11) is 0. The molecular weight excluding hydrogens is 160 g/mol. The van der Waals surface area contributed by atoms with Gasteiger partial charge in [0, 0.05) is 0 Å². The van der Waals surface area contributed by atoms with Gasteiger partial charge in [-0.05, 0) is 38.2 Å². The van der Waals surface area contributed by atoms with Crippen LogP contribution in [-0.2, 0) is 4.79 Å². The summed E-state index contributed by atoms with van der Waals surface area (Å²) in [4.78, 5) is 9.91. The summed E-state index contributed by atoms with van der Waals surface area (Å²) in [5.74, 6) is 0. The second kappa shape index (κ2) is 11.2. The van der Waals surface area contributed by atoms with Crippen molar-refractivity contribution in [1.29, 1.82) is 0 Å². The van der Waals surface area contributed by atoms with Crippen LogP contribution in [0.2, 0.25) is 0 Å². The minimum atomic E-state index is 0.834. The highest BCUT2D eigenvalue weighted by molar-refractivity contribution is 5.64. The van der Waals surface area contributed by atoms with Crippen molar-refractivity contribution in [1.82, 2.24) is 0 Å². The topological polar surface area (TPSA) is 17.1 Å². The Labute approximate surface area is 81.5 Å². The van der Waals surface area contributed by atoms with E-state index >= 15 is 0 Å². The lowest BCUT2D eigenvalue weighted by atomic mass is 10.1. The monoisotopic (exact) mass is 180 g/mol. The van der Waals surface area contributed by atoms with Crippen LogP contribution in [0.3, 0.4) is 0 Å². The van der Waals surface area contributed by atoms with E-state index in [2.05, 4.69) is 19.1 Å². The zero-order chi connectivity index (χ0) is 9.78. The maximum absolute atomic E-state index is 9.91. The molecule has 0 saturated carbocycles. The summed E-state index contributed by atoms with van der Waals surface area (Å²) in [6.07, 6.45) is 15.9. The Balaban J connectivity index is 3.07. The van der Waals surface area contributed by atoms with Crippen LogP contribution in [0.1, 0.15) is 45.4 Å². The van der Waals surface area contributed by atoms with Crippen molar-refractivity contribution < 1.29 is 4.79 Å². The molecule has 0 fully saturated rings. The fraction of sp³-hybridized carbons (Fsp3) is 0.583. The average Bonchev–Trinajstić information content (AvgIpc) is 2.16. The minimum Gasteiger partial charge on any atom is -0.299 e. The number of hydrogen-bond acceptors (Lipinski definition) is 1. The Hall–Kier alpha value is -0.850. The molecule has 0 N–H and O–H groups in total. The molecule has 0 aromatic rings. The number of aldehydes is 1. The number of carbonyl (C=O) groups is 1. The molecule has 0 heterocycles. The Kier molecular flexibility index (Phi) is 10.4. The van der Waals surface area contributed by atoms with Gasteiger partial charge in [-0.2, -0.15) is 0 Å². The standard InChI is InChI=1S/C12H20O/c1-2-3-4-5-6-7-8-9-10-11-12-13/h4-5,10-12H,2-3,6-9H2,1H3/b5-4-,11-10+. The molecule has 0 rings (SSSR count). The first-order chi connectivity index (χ1) is 6.41. The largest absolute Gasteiger partial charge is 0.299 e. The molecule has 0 atom stereocenters. The molecule has 0 aromatic carbocycles. The van der Waals surface area contributed by atoms with E-state index in [0.717, 1.165) is 12.7 Å². The first-order valence-corrected chi connectivity index (χ1v) is 5.17. The van der Waals surface area contributed by atoms with E-state index in [4.69, 9.17) is 0 Å². The highest BCUT2D eigenvalue weighted by Gasteiger charge is 1.82. The minimum absolute atomic E-state index is 0.834. The Morgan fingerprint density at radius 2 is 1.54 bits per heavy atom. The number of unbranched alkanes of at least 4 members (excludes halogenated alkanes) is 4. The van der Waals surface area contributed by atoms with E-state index in [1.807, 2.05) is 6.08 Å². The summed E-state index contributed by atoms with van der Waals surface area (Å²) in [6.45, 7) is 2.19. The van der Waals surface area contributed by atoms with Crippen molar-refractivity contribution in [2.24, 2.45) is 0 Å². The third-order valence-electron chi connectivity index (χ3n) is 1.83. The van der Waals surface area contributed by atoms with Crippen molar-refractivity contribution in [2.45, 2.75) is 45.4 Å². The summed E-state index contributed by atoms with van der Waals surface area (Å²) >= 11 is 0. The van der Waals surface area contributed by atoms with Gasteiger partial charge in [-0.3, -0.25) is 4.79 Å². The molecule has 0 unspecified atom stereocenters. The van der Waals surface area contributed by atoms with Crippen LogP contribution < -0.4 is 0 Å². The molecule has 0 bridgehead atoms. The van der Waals surface area contributed by atoms with Gasteiger partial charge in [0.2, 0.25) is 0 Å². The second-order valence-corrected chi connectivity index (χ2v) is 3.11. The third-order valence-corrected chi connectivity index (χ3v) is 1.83. The molecule has 0 aromatic heterocycles. The first-order valence-electron chi connectivity index (χ1n) is 5.17. The van der Waals surface area contributed by atoms with Gasteiger partial charge in [0.15, 0.2) is 0 Å². The summed E-state index contributed by atoms with van der Waals surface area (Å²) < 4.78 is 0. The Morgan fingerprint density at radius 1 is 0.923 bits per heavy atom. The van der Waals surface area contributed by atoms with Crippen molar-refractivity contribution in [3.63, 3.8) is 0 Å². The maximum Gasteiger partial charge on any atom is 0.142 e. The zero-order valence-electron chi connectivity index (χ0n) is 8.54. The van der Waals surface area contributed by atoms with Gasteiger partial charge in [-0.25, -0.2) is 0 Å². The SMILES string of the molecule is CCC/C=C\CCCC/C=C/C=O. The average molecular weight is 180 g/mol. The quantitative estimate of drug-likeness (QED) is 0.241. The van der Waals surface area contributed by atoms with E-state index in [0.29, 0.717) is 0 Å². The van der Waals surface area contributed by atoms with Crippen LogP contribution in [0.25, 0.3) is 0 Å². The highest BCUT2D eigenvalue weighted by atomic mass is 16.1. The summed E-state index contributed by atoms with van der Waals surface area (Å²) in [6, 6.07) is 0. The third kappa shape index (κ3) is 11.1. The molecule has 1 heteroatoms. The molecule has 0 saturated heterocycles. The van der Waals surface area contributed by atoms with Crippen molar-refractivity contribution >= 4 is 6.29 Å². The molecule has 13 heavy (non-hydrogen) atoms. The number of hydrogen-bond donors (Lipinski definition) is 0. The van der Waals surface area contributed by atoms with E-state index < -0.39 is 0 Å². The summed E-state index contributed by atoms with van der Waals surface area (Å²) in [5, 5.41) is 0. The molecular formula is C12H20O. The van der Waals surface area contributed by atoms with Crippen molar-refractivity contribution in [3.05, 3.63) is 24.3 Å². The van der Waals surface area contributed by atoms with Crippen molar-refractivity contribution in [2.75, 3.05) is 0 Å². The lowest BCUT2D eigenvalue weighted by molar-refractivity contribution is -0.104. The van der Waals surface area contributed by atoms with E-state index in [9.17, 15) is 4.79 Å². The molecule has 74 valence electrons. The summed E-state index contributed by atoms with van der Waals surface area (Å²) in [5.41, 5.74) is 0. The lowest BCUT2D eigenvalue weighted by Crippen LogP contribution is -1.73. The second-order valence-electron chi connectivity index (χ2n) is 3.11. The molecule has 0 aliphatic rings. The Bertz CT molecular complexity index is 157. The van der Waals surface area contributed by atoms with Crippen LogP contribution >= 0.6 is 0 Å². The van der Waals surface area contributed by atoms with Gasteiger partial charge in [-0.15, -0.1) is 0 Å². The predicted octanol–water partition coefficient (Wildman–Crippen LogP) is 3.66. The molecule has 1 nitrogen and oxygen atoms in total. The zero-order valence-corrected chi connectivity index (χ0v) is 8.54. The van der Waals surface area contributed by atoms with Crippen molar-refractivity contribution in [3.8, 4) is 0 Å². The first kappa shape index (κ1) is 12.2. The molecule has 0 amide bonds. The van der Waals surface area contributed by atoms with Gasteiger partial charge in [-0.1, -0.05) is 31.6 Å². The van der Waals surface area contributed by atoms with E-state index in [1.54, 1.807) is 6.08 Å². The maximum atomic E-state index is 9.91. The van der Waals surface area contributed by atoms with Crippen LogP contribution in [0.15, 0.2) is 24.3 Å². The fourth-order valence-electron chi connectivity index (χ4n) is 1.08. The van der Waals surface area contributed by atoms with Gasteiger partial charge in [0.05, 0.1) is 0 Å². The highest BCUT2D eigenvalue weighted by Crippen LogP contribution is 2.02. The number of carbonyl (C=O) groups excluding carboxylic acids is 1. The molecule has 0 aliphatic heterocycles. The smallest absolute Gasteiger partial charge is 0.142 e. The van der Waals surface area contributed by atoms with Gasteiger partial charge < -0.3 is 0 Å². The van der Waals surface area contributed by atoms with Crippen LogP contribution in [-0.4, -0.2) is 6.29 Å². The Morgan fingerprint density at radius 3 is 2.15 bits per heavy atom. The van der Waals surface area contributed by atoms with Crippen LogP contribution in [0, 0.1) is 0 Å². The molecule has 0 aliphatic carbocycles. The van der Waals surface area contributed by atoms with E-state index in [1.165, 1.54) is 32.1 Å².